The SMILES string of the molecule is CCNC(=O)CCNCc1cccc(F)c1F. The van der Waals surface area contributed by atoms with Gasteiger partial charge < -0.3 is 10.6 Å². The van der Waals surface area contributed by atoms with E-state index in [1.807, 2.05) is 6.92 Å². The number of halogens is 2. The smallest absolute Gasteiger partial charge is 0.221 e. The van der Waals surface area contributed by atoms with Crippen LogP contribution in [0.3, 0.4) is 0 Å². The van der Waals surface area contributed by atoms with Crippen LogP contribution >= 0.6 is 0 Å². The number of benzene rings is 1. The molecule has 1 aromatic rings. The summed E-state index contributed by atoms with van der Waals surface area (Å²) in [7, 11) is 0. The molecule has 0 atom stereocenters. The Morgan fingerprint density at radius 3 is 2.82 bits per heavy atom. The quantitative estimate of drug-likeness (QED) is 0.744. The van der Waals surface area contributed by atoms with Gasteiger partial charge in [-0.3, -0.25) is 4.79 Å². The standard InChI is InChI=1S/C12H16F2N2O/c1-2-16-11(17)6-7-15-8-9-4-3-5-10(13)12(9)14/h3-5,15H,2,6-8H2,1H3,(H,16,17). The maximum Gasteiger partial charge on any atom is 0.221 e. The molecule has 0 fully saturated rings. The van der Waals surface area contributed by atoms with Crippen LogP contribution in [0, 0.1) is 11.6 Å². The summed E-state index contributed by atoms with van der Waals surface area (Å²) in [5, 5.41) is 5.54. The van der Waals surface area contributed by atoms with Crippen molar-refractivity contribution in [1.29, 1.82) is 0 Å². The molecular weight excluding hydrogens is 226 g/mol. The molecule has 2 N–H and O–H groups in total. The van der Waals surface area contributed by atoms with E-state index in [1.165, 1.54) is 12.1 Å². The van der Waals surface area contributed by atoms with Crippen molar-refractivity contribution in [3.05, 3.63) is 35.4 Å². The van der Waals surface area contributed by atoms with Crippen molar-refractivity contribution in [3.63, 3.8) is 0 Å². The van der Waals surface area contributed by atoms with E-state index in [2.05, 4.69) is 10.6 Å². The molecule has 17 heavy (non-hydrogen) atoms. The van der Waals surface area contributed by atoms with Gasteiger partial charge in [0.25, 0.3) is 0 Å². The molecular formula is C12H16F2N2O. The predicted molar refractivity (Wildman–Crippen MR) is 61.4 cm³/mol. The largest absolute Gasteiger partial charge is 0.356 e. The number of amides is 1. The molecule has 0 aliphatic rings. The van der Waals surface area contributed by atoms with Crippen molar-refractivity contribution in [2.45, 2.75) is 19.9 Å². The summed E-state index contributed by atoms with van der Waals surface area (Å²) in [4.78, 5) is 11.1. The fourth-order valence-electron chi connectivity index (χ4n) is 1.40. The first-order valence-electron chi connectivity index (χ1n) is 5.55. The molecule has 1 aromatic carbocycles. The van der Waals surface area contributed by atoms with Crippen LogP contribution in [0.15, 0.2) is 18.2 Å². The van der Waals surface area contributed by atoms with Crippen molar-refractivity contribution in [2.24, 2.45) is 0 Å². The number of carbonyl (C=O) groups excluding carboxylic acids is 1. The van der Waals surface area contributed by atoms with Crippen LogP contribution in [0.2, 0.25) is 0 Å². The highest BCUT2D eigenvalue weighted by atomic mass is 19.2. The lowest BCUT2D eigenvalue weighted by molar-refractivity contribution is -0.120. The molecule has 0 aliphatic heterocycles. The second-order valence-corrected chi connectivity index (χ2v) is 3.59. The van der Waals surface area contributed by atoms with E-state index < -0.39 is 11.6 Å². The van der Waals surface area contributed by atoms with Gasteiger partial charge in [-0.2, -0.15) is 0 Å². The Hall–Kier alpha value is -1.49. The molecule has 1 rings (SSSR count). The monoisotopic (exact) mass is 242 g/mol. The zero-order chi connectivity index (χ0) is 12.7. The van der Waals surface area contributed by atoms with E-state index >= 15 is 0 Å². The summed E-state index contributed by atoms with van der Waals surface area (Å²) in [6.07, 6.45) is 0.324. The number of hydrogen-bond acceptors (Lipinski definition) is 2. The second kappa shape index (κ2) is 6.96. The van der Waals surface area contributed by atoms with Crippen molar-refractivity contribution < 1.29 is 13.6 Å². The van der Waals surface area contributed by atoms with Crippen molar-refractivity contribution in [1.82, 2.24) is 10.6 Å². The van der Waals surface area contributed by atoms with Crippen LogP contribution in [0.1, 0.15) is 18.9 Å². The van der Waals surface area contributed by atoms with E-state index in [4.69, 9.17) is 0 Å². The van der Waals surface area contributed by atoms with E-state index in [-0.39, 0.29) is 18.0 Å². The van der Waals surface area contributed by atoms with Gasteiger partial charge in [0.15, 0.2) is 11.6 Å². The highest BCUT2D eigenvalue weighted by Gasteiger charge is 2.06. The third kappa shape index (κ3) is 4.48. The fraction of sp³-hybridized carbons (Fsp3) is 0.417. The Balaban J connectivity index is 2.31. The van der Waals surface area contributed by atoms with Gasteiger partial charge in [-0.05, 0) is 13.0 Å². The molecule has 1 amide bonds. The molecule has 5 heteroatoms. The summed E-state index contributed by atoms with van der Waals surface area (Å²) in [5.41, 5.74) is 0.265. The molecule has 0 aliphatic carbocycles. The first-order valence-corrected chi connectivity index (χ1v) is 5.55. The highest BCUT2D eigenvalue weighted by Crippen LogP contribution is 2.10. The first kappa shape index (κ1) is 13.6. The lowest BCUT2D eigenvalue weighted by atomic mass is 10.2. The van der Waals surface area contributed by atoms with Crippen LogP contribution < -0.4 is 10.6 Å². The maximum atomic E-state index is 13.2. The molecule has 0 heterocycles. The minimum Gasteiger partial charge on any atom is -0.356 e. The van der Waals surface area contributed by atoms with Crippen LogP contribution in [0.4, 0.5) is 8.78 Å². The molecule has 0 aromatic heterocycles. The molecule has 0 saturated carbocycles. The van der Waals surface area contributed by atoms with Crippen LogP contribution in [0.25, 0.3) is 0 Å². The summed E-state index contributed by atoms with van der Waals surface area (Å²) in [6.45, 7) is 3.08. The minimum atomic E-state index is -0.854. The van der Waals surface area contributed by atoms with Gasteiger partial charge in [0.2, 0.25) is 5.91 Å². The average molecular weight is 242 g/mol. The van der Waals surface area contributed by atoms with Crippen molar-refractivity contribution in [3.8, 4) is 0 Å². The van der Waals surface area contributed by atoms with Gasteiger partial charge in [0, 0.05) is 31.6 Å². The Bertz CT molecular complexity index is 383. The molecule has 3 nitrogen and oxygen atoms in total. The molecule has 0 unspecified atom stereocenters. The molecule has 0 radical (unpaired) electrons. The van der Waals surface area contributed by atoms with E-state index in [0.717, 1.165) is 6.07 Å². The van der Waals surface area contributed by atoms with Gasteiger partial charge in [-0.25, -0.2) is 8.78 Å². The van der Waals surface area contributed by atoms with Gasteiger partial charge in [-0.1, -0.05) is 12.1 Å². The zero-order valence-corrected chi connectivity index (χ0v) is 9.72. The highest BCUT2D eigenvalue weighted by molar-refractivity contribution is 5.75. The summed E-state index contributed by atoms with van der Waals surface area (Å²) in [6, 6.07) is 4.05. The number of rotatable bonds is 6. The number of carbonyl (C=O) groups is 1. The third-order valence-electron chi connectivity index (χ3n) is 2.25. The minimum absolute atomic E-state index is 0.0558. The van der Waals surface area contributed by atoms with E-state index in [9.17, 15) is 13.6 Å². The fourth-order valence-corrected chi connectivity index (χ4v) is 1.40. The first-order chi connectivity index (χ1) is 8.15. The number of hydrogen-bond donors (Lipinski definition) is 2. The summed E-state index contributed by atoms with van der Waals surface area (Å²) < 4.78 is 26.1. The van der Waals surface area contributed by atoms with Crippen LogP contribution in [-0.4, -0.2) is 19.0 Å². The molecule has 94 valence electrons. The maximum absolute atomic E-state index is 13.2. The Kier molecular flexibility index (Phi) is 5.56. The lowest BCUT2D eigenvalue weighted by Gasteiger charge is -2.06. The topological polar surface area (TPSA) is 41.1 Å². The molecule has 0 bridgehead atoms. The van der Waals surface area contributed by atoms with Crippen LogP contribution in [-0.2, 0) is 11.3 Å². The molecule has 0 saturated heterocycles. The Morgan fingerprint density at radius 1 is 1.35 bits per heavy atom. The lowest BCUT2D eigenvalue weighted by Crippen LogP contribution is -2.27. The normalized spacial score (nSPS) is 10.3. The van der Waals surface area contributed by atoms with Gasteiger partial charge in [0.05, 0.1) is 0 Å². The van der Waals surface area contributed by atoms with Crippen molar-refractivity contribution >= 4 is 5.91 Å². The van der Waals surface area contributed by atoms with E-state index in [0.29, 0.717) is 19.5 Å². The Morgan fingerprint density at radius 2 is 2.12 bits per heavy atom. The average Bonchev–Trinajstić information content (AvgIpc) is 2.30. The van der Waals surface area contributed by atoms with Gasteiger partial charge in [-0.15, -0.1) is 0 Å². The van der Waals surface area contributed by atoms with Crippen LogP contribution in [0.5, 0.6) is 0 Å². The summed E-state index contributed by atoms with van der Waals surface area (Å²) in [5.74, 6) is -1.74. The Labute approximate surface area is 99.2 Å². The number of nitrogens with one attached hydrogen (secondary N) is 2. The van der Waals surface area contributed by atoms with Gasteiger partial charge >= 0.3 is 0 Å². The predicted octanol–water partition coefficient (Wildman–Crippen LogP) is 1.58. The van der Waals surface area contributed by atoms with Crippen molar-refractivity contribution in [2.75, 3.05) is 13.1 Å². The summed E-state index contributed by atoms with van der Waals surface area (Å²) >= 11 is 0. The molecule has 0 spiro atoms. The van der Waals surface area contributed by atoms with E-state index in [1.54, 1.807) is 0 Å². The third-order valence-corrected chi connectivity index (χ3v) is 2.25. The van der Waals surface area contributed by atoms with Gasteiger partial charge in [0.1, 0.15) is 0 Å². The second-order valence-electron chi connectivity index (χ2n) is 3.59. The zero-order valence-electron chi connectivity index (χ0n) is 9.72.